The fourth-order valence-corrected chi connectivity index (χ4v) is 3.70. The second-order valence-electron chi connectivity index (χ2n) is 5.79. The number of hydrogen-bond donors (Lipinski definition) is 2. The number of nitrogens with one attached hydrogen (secondary N) is 1. The second kappa shape index (κ2) is 6.31. The lowest BCUT2D eigenvalue weighted by molar-refractivity contribution is 0.117. The van der Waals surface area contributed by atoms with Crippen LogP contribution < -0.4 is 10.5 Å². The molecule has 2 rings (SSSR count). The molecule has 1 saturated heterocycles. The predicted octanol–water partition coefficient (Wildman–Crippen LogP) is 0.101. The smallest absolute Gasteiger partial charge is 0.242 e. The third-order valence-electron chi connectivity index (χ3n) is 3.94. The largest absolute Gasteiger partial charge is 0.398 e. The van der Waals surface area contributed by atoms with Gasteiger partial charge in [-0.1, -0.05) is 6.07 Å². The number of nitrogens with zero attached hydrogens (tertiary/aromatic N) is 2. The van der Waals surface area contributed by atoms with E-state index >= 15 is 0 Å². The van der Waals surface area contributed by atoms with Gasteiger partial charge in [0.2, 0.25) is 10.0 Å². The van der Waals surface area contributed by atoms with Gasteiger partial charge in [0.1, 0.15) is 4.90 Å². The van der Waals surface area contributed by atoms with E-state index in [0.29, 0.717) is 6.54 Å². The lowest BCUT2D eigenvalue weighted by Gasteiger charge is -2.37. The highest BCUT2D eigenvalue weighted by Gasteiger charge is 2.25. The summed E-state index contributed by atoms with van der Waals surface area (Å²) in [4.78, 5) is 4.54. The number of piperazine rings is 1. The number of likely N-dealkylation sites (N-methyl/N-ethyl adjacent to an activating group) is 2. The van der Waals surface area contributed by atoms with Crippen molar-refractivity contribution in [3.8, 4) is 0 Å². The van der Waals surface area contributed by atoms with Crippen molar-refractivity contribution < 1.29 is 8.42 Å². The van der Waals surface area contributed by atoms with Crippen LogP contribution >= 0.6 is 0 Å². The van der Waals surface area contributed by atoms with E-state index in [1.807, 2.05) is 21.0 Å². The molecule has 118 valence electrons. The minimum atomic E-state index is -3.57. The van der Waals surface area contributed by atoms with Gasteiger partial charge in [0.05, 0.1) is 5.69 Å². The van der Waals surface area contributed by atoms with Gasteiger partial charge in [-0.05, 0) is 38.7 Å². The molecule has 1 heterocycles. The number of anilines is 1. The number of benzene rings is 1. The molecule has 1 aromatic carbocycles. The lowest BCUT2D eigenvalue weighted by atomic mass is 10.2. The van der Waals surface area contributed by atoms with Gasteiger partial charge in [0.15, 0.2) is 0 Å². The Morgan fingerprint density at radius 3 is 2.71 bits per heavy atom. The van der Waals surface area contributed by atoms with Crippen molar-refractivity contribution in [3.63, 3.8) is 0 Å². The molecular formula is C14H24N4O2S. The maximum atomic E-state index is 12.4. The summed E-state index contributed by atoms with van der Waals surface area (Å²) < 4.78 is 27.4. The molecule has 1 aliphatic heterocycles. The van der Waals surface area contributed by atoms with Crippen LogP contribution in [0.15, 0.2) is 23.1 Å². The summed E-state index contributed by atoms with van der Waals surface area (Å²) in [5, 5.41) is 0. The Hall–Kier alpha value is -1.15. The Balaban J connectivity index is 2.07. The molecule has 1 unspecified atom stereocenters. The minimum absolute atomic E-state index is 0.153. The summed E-state index contributed by atoms with van der Waals surface area (Å²) in [6.45, 7) is 5.06. The maximum absolute atomic E-state index is 12.4. The molecule has 0 amide bonds. The zero-order chi connectivity index (χ0) is 15.6. The van der Waals surface area contributed by atoms with Gasteiger partial charge in [-0.25, -0.2) is 13.1 Å². The van der Waals surface area contributed by atoms with Crippen LogP contribution in [0.3, 0.4) is 0 Å². The molecule has 6 nitrogen and oxygen atoms in total. The van der Waals surface area contributed by atoms with Crippen molar-refractivity contribution >= 4 is 15.7 Å². The van der Waals surface area contributed by atoms with Crippen molar-refractivity contribution in [1.29, 1.82) is 0 Å². The van der Waals surface area contributed by atoms with E-state index in [9.17, 15) is 8.42 Å². The van der Waals surface area contributed by atoms with E-state index in [2.05, 4.69) is 14.5 Å². The third-order valence-corrected chi connectivity index (χ3v) is 5.44. The summed E-state index contributed by atoms with van der Waals surface area (Å²) in [7, 11) is 0.500. The lowest BCUT2D eigenvalue weighted by Crippen LogP contribution is -2.54. The normalized spacial score (nSPS) is 21.6. The number of sulfonamides is 1. The number of rotatable bonds is 4. The van der Waals surface area contributed by atoms with Gasteiger partial charge in [0, 0.05) is 32.2 Å². The quantitative estimate of drug-likeness (QED) is 0.771. The molecular weight excluding hydrogens is 288 g/mol. The van der Waals surface area contributed by atoms with E-state index in [1.54, 1.807) is 18.2 Å². The molecule has 1 aromatic rings. The van der Waals surface area contributed by atoms with Crippen molar-refractivity contribution in [3.05, 3.63) is 23.8 Å². The molecule has 1 fully saturated rings. The number of nitrogen functional groups attached to an aromatic ring is 1. The first-order valence-corrected chi connectivity index (χ1v) is 8.52. The highest BCUT2D eigenvalue weighted by atomic mass is 32.2. The predicted molar refractivity (Wildman–Crippen MR) is 84.7 cm³/mol. The first kappa shape index (κ1) is 16.2. The van der Waals surface area contributed by atoms with Gasteiger partial charge in [-0.15, -0.1) is 0 Å². The molecule has 7 heteroatoms. The Morgan fingerprint density at radius 1 is 1.33 bits per heavy atom. The topological polar surface area (TPSA) is 78.7 Å². The van der Waals surface area contributed by atoms with Gasteiger partial charge >= 0.3 is 0 Å². The van der Waals surface area contributed by atoms with Crippen LogP contribution in [0.2, 0.25) is 0 Å². The minimum Gasteiger partial charge on any atom is -0.398 e. The molecule has 0 aromatic heterocycles. The molecule has 0 bridgehead atoms. The second-order valence-corrected chi connectivity index (χ2v) is 7.53. The van der Waals surface area contributed by atoms with Crippen LogP contribution in [0.25, 0.3) is 0 Å². The SMILES string of the molecule is Cc1ccc(S(=O)(=O)NCC2CN(C)CCN2C)c(N)c1. The highest BCUT2D eigenvalue weighted by molar-refractivity contribution is 7.89. The summed E-state index contributed by atoms with van der Waals surface area (Å²) in [6, 6.07) is 5.16. The van der Waals surface area contributed by atoms with Gasteiger partial charge in [0.25, 0.3) is 0 Å². The zero-order valence-corrected chi connectivity index (χ0v) is 13.7. The molecule has 21 heavy (non-hydrogen) atoms. The van der Waals surface area contributed by atoms with E-state index < -0.39 is 10.0 Å². The van der Waals surface area contributed by atoms with Crippen molar-refractivity contribution in [1.82, 2.24) is 14.5 Å². The monoisotopic (exact) mass is 312 g/mol. The Labute approximate surface area is 127 Å². The molecule has 0 aliphatic carbocycles. The summed E-state index contributed by atoms with van der Waals surface area (Å²) in [5.74, 6) is 0. The summed E-state index contributed by atoms with van der Waals surface area (Å²) >= 11 is 0. The summed E-state index contributed by atoms with van der Waals surface area (Å²) in [6.07, 6.45) is 0. The van der Waals surface area contributed by atoms with Crippen LogP contribution in [0.5, 0.6) is 0 Å². The first-order chi connectivity index (χ1) is 9.79. The van der Waals surface area contributed by atoms with E-state index in [0.717, 1.165) is 25.2 Å². The van der Waals surface area contributed by atoms with Crippen molar-refractivity contribution in [2.24, 2.45) is 0 Å². The van der Waals surface area contributed by atoms with Crippen LogP contribution in [0.4, 0.5) is 5.69 Å². The maximum Gasteiger partial charge on any atom is 0.242 e. The van der Waals surface area contributed by atoms with Crippen molar-refractivity contribution in [2.75, 3.05) is 46.0 Å². The Kier molecular flexibility index (Phi) is 4.88. The average Bonchev–Trinajstić information content (AvgIpc) is 2.39. The third kappa shape index (κ3) is 3.94. The molecule has 1 aliphatic rings. The van der Waals surface area contributed by atoms with Gasteiger partial charge < -0.3 is 10.6 Å². The van der Waals surface area contributed by atoms with Crippen LogP contribution in [0.1, 0.15) is 5.56 Å². The molecule has 0 spiro atoms. The van der Waals surface area contributed by atoms with E-state index in [-0.39, 0.29) is 16.6 Å². The van der Waals surface area contributed by atoms with Gasteiger partial charge in [-0.2, -0.15) is 0 Å². The Morgan fingerprint density at radius 2 is 2.05 bits per heavy atom. The van der Waals surface area contributed by atoms with Crippen LogP contribution in [-0.4, -0.2) is 64.5 Å². The molecule has 1 atom stereocenters. The molecule has 0 saturated carbocycles. The number of aryl methyl sites for hydroxylation is 1. The number of nitrogens with two attached hydrogens (primary N) is 1. The summed E-state index contributed by atoms with van der Waals surface area (Å²) in [5.41, 5.74) is 7.06. The average molecular weight is 312 g/mol. The number of hydrogen-bond acceptors (Lipinski definition) is 5. The van der Waals surface area contributed by atoms with Crippen molar-refractivity contribution in [2.45, 2.75) is 17.9 Å². The van der Waals surface area contributed by atoms with E-state index in [1.165, 1.54) is 0 Å². The molecule has 3 N–H and O–H groups in total. The molecule has 0 radical (unpaired) electrons. The highest BCUT2D eigenvalue weighted by Crippen LogP contribution is 2.19. The fourth-order valence-electron chi connectivity index (χ4n) is 2.52. The Bertz CT molecular complexity index is 603. The standard InChI is InChI=1S/C14H24N4O2S/c1-11-4-5-14(13(15)8-11)21(19,20)16-9-12-10-17(2)6-7-18(12)3/h4-5,8,12,16H,6-7,9-10,15H2,1-3H3. The first-order valence-electron chi connectivity index (χ1n) is 7.04. The van der Waals surface area contributed by atoms with Gasteiger partial charge in [-0.3, -0.25) is 4.90 Å². The fraction of sp³-hybridized carbons (Fsp3) is 0.571. The van der Waals surface area contributed by atoms with E-state index in [4.69, 9.17) is 5.73 Å². The van der Waals surface area contributed by atoms with Crippen LogP contribution in [-0.2, 0) is 10.0 Å². The van der Waals surface area contributed by atoms with Crippen LogP contribution in [0, 0.1) is 6.92 Å². The zero-order valence-electron chi connectivity index (χ0n) is 12.8.